The Hall–Kier alpha value is -2.14. The van der Waals surface area contributed by atoms with Gasteiger partial charge < -0.3 is 15.0 Å². The molecule has 5 heteroatoms. The summed E-state index contributed by atoms with van der Waals surface area (Å²) in [4.78, 5) is 15.0. The smallest absolute Gasteiger partial charge is 0.306 e. The first-order chi connectivity index (χ1) is 10.7. The maximum absolute atomic E-state index is 10.9. The van der Waals surface area contributed by atoms with E-state index in [4.69, 9.17) is 5.11 Å². The average molecular weight is 299 g/mol. The quantitative estimate of drug-likeness (QED) is 0.890. The summed E-state index contributed by atoms with van der Waals surface area (Å²) in [5, 5.41) is 12.5. The van der Waals surface area contributed by atoms with Gasteiger partial charge in [-0.1, -0.05) is 12.1 Å². The van der Waals surface area contributed by atoms with Crippen LogP contribution in [0, 0.1) is 5.92 Å². The van der Waals surface area contributed by atoms with E-state index in [0.717, 1.165) is 37.9 Å². The summed E-state index contributed by atoms with van der Waals surface area (Å²) in [6, 6.07) is 8.83. The highest BCUT2D eigenvalue weighted by molar-refractivity contribution is 5.70. The van der Waals surface area contributed by atoms with Crippen LogP contribution < -0.4 is 5.32 Å². The number of imidazole rings is 1. The number of benzene rings is 1. The van der Waals surface area contributed by atoms with Gasteiger partial charge in [0.2, 0.25) is 0 Å². The fraction of sp³-hybridized carbons (Fsp3) is 0.412. The molecular formula is C17H21N3O2. The van der Waals surface area contributed by atoms with Crippen molar-refractivity contribution < 1.29 is 9.90 Å². The van der Waals surface area contributed by atoms with Crippen molar-refractivity contribution in [2.45, 2.75) is 38.3 Å². The first-order valence-electron chi connectivity index (χ1n) is 7.76. The summed E-state index contributed by atoms with van der Waals surface area (Å²) >= 11 is 0. The first-order valence-corrected chi connectivity index (χ1v) is 7.76. The number of aliphatic carboxylic acids is 1. The lowest BCUT2D eigenvalue weighted by molar-refractivity contribution is -0.142. The molecule has 5 nitrogen and oxygen atoms in total. The molecule has 0 saturated heterocycles. The minimum Gasteiger partial charge on any atom is -0.481 e. The van der Waals surface area contributed by atoms with E-state index in [0.29, 0.717) is 6.04 Å². The number of aromatic nitrogens is 2. The Morgan fingerprint density at radius 1 is 1.23 bits per heavy atom. The summed E-state index contributed by atoms with van der Waals surface area (Å²) in [6.45, 7) is 0.826. The highest BCUT2D eigenvalue weighted by atomic mass is 16.4. The highest BCUT2D eigenvalue weighted by Gasteiger charge is 2.25. The lowest BCUT2D eigenvalue weighted by Crippen LogP contribution is -2.34. The number of hydrogen-bond donors (Lipinski definition) is 2. The number of nitrogens with zero attached hydrogens (tertiary/aromatic N) is 2. The van der Waals surface area contributed by atoms with E-state index in [1.165, 1.54) is 5.56 Å². The molecule has 1 fully saturated rings. The lowest BCUT2D eigenvalue weighted by Gasteiger charge is -2.27. The predicted octanol–water partition coefficient (Wildman–Crippen LogP) is 2.61. The third-order valence-electron chi connectivity index (χ3n) is 4.41. The molecule has 0 bridgehead atoms. The highest BCUT2D eigenvalue weighted by Crippen LogP contribution is 2.24. The third-order valence-corrected chi connectivity index (χ3v) is 4.41. The van der Waals surface area contributed by atoms with Gasteiger partial charge in [-0.3, -0.25) is 4.79 Å². The maximum atomic E-state index is 10.9. The molecule has 1 aliphatic carbocycles. The Labute approximate surface area is 130 Å². The molecule has 0 unspecified atom stereocenters. The topological polar surface area (TPSA) is 67.2 Å². The molecule has 0 aliphatic heterocycles. The Balaban J connectivity index is 1.49. The molecule has 1 heterocycles. The Morgan fingerprint density at radius 3 is 2.55 bits per heavy atom. The zero-order valence-electron chi connectivity index (χ0n) is 12.5. The maximum Gasteiger partial charge on any atom is 0.306 e. The van der Waals surface area contributed by atoms with E-state index in [1.807, 2.05) is 10.8 Å². The van der Waals surface area contributed by atoms with E-state index in [9.17, 15) is 4.79 Å². The molecule has 116 valence electrons. The summed E-state index contributed by atoms with van der Waals surface area (Å²) < 4.78 is 1.98. The summed E-state index contributed by atoms with van der Waals surface area (Å²) in [5.74, 6) is -0.791. The second-order valence-corrected chi connectivity index (χ2v) is 5.90. The zero-order chi connectivity index (χ0) is 15.4. The monoisotopic (exact) mass is 299 g/mol. The van der Waals surface area contributed by atoms with Gasteiger partial charge in [0.05, 0.1) is 12.2 Å². The molecule has 0 spiro atoms. The van der Waals surface area contributed by atoms with E-state index in [2.05, 4.69) is 34.6 Å². The molecule has 22 heavy (non-hydrogen) atoms. The van der Waals surface area contributed by atoms with Gasteiger partial charge in [-0.05, 0) is 43.4 Å². The number of hydrogen-bond acceptors (Lipinski definition) is 3. The van der Waals surface area contributed by atoms with Crippen molar-refractivity contribution >= 4 is 5.97 Å². The van der Waals surface area contributed by atoms with Crippen LogP contribution in [0.25, 0.3) is 5.69 Å². The van der Waals surface area contributed by atoms with Gasteiger partial charge in [-0.2, -0.15) is 0 Å². The fourth-order valence-corrected chi connectivity index (χ4v) is 3.00. The van der Waals surface area contributed by atoms with Gasteiger partial charge in [0, 0.05) is 30.7 Å². The van der Waals surface area contributed by atoms with Gasteiger partial charge in [0.15, 0.2) is 0 Å². The average Bonchev–Trinajstić information content (AvgIpc) is 3.08. The van der Waals surface area contributed by atoms with Crippen molar-refractivity contribution in [3.63, 3.8) is 0 Å². The van der Waals surface area contributed by atoms with Crippen molar-refractivity contribution in [3.05, 3.63) is 48.5 Å². The molecule has 1 aromatic carbocycles. The van der Waals surface area contributed by atoms with Crippen LogP contribution in [0.3, 0.4) is 0 Å². The van der Waals surface area contributed by atoms with Crippen molar-refractivity contribution in [1.82, 2.24) is 14.9 Å². The van der Waals surface area contributed by atoms with Crippen LogP contribution in [0.4, 0.5) is 0 Å². The van der Waals surface area contributed by atoms with E-state index in [1.54, 1.807) is 12.5 Å². The van der Waals surface area contributed by atoms with Crippen molar-refractivity contribution in [3.8, 4) is 5.69 Å². The van der Waals surface area contributed by atoms with Gasteiger partial charge in [-0.15, -0.1) is 0 Å². The van der Waals surface area contributed by atoms with Crippen LogP contribution in [0.1, 0.15) is 31.2 Å². The normalized spacial score (nSPS) is 21.6. The number of carbonyl (C=O) groups is 1. The molecule has 2 aromatic rings. The van der Waals surface area contributed by atoms with E-state index < -0.39 is 5.97 Å². The number of carboxylic acids is 1. The van der Waals surface area contributed by atoms with E-state index >= 15 is 0 Å². The second-order valence-electron chi connectivity index (χ2n) is 5.90. The van der Waals surface area contributed by atoms with Gasteiger partial charge in [0.1, 0.15) is 0 Å². The van der Waals surface area contributed by atoms with E-state index in [-0.39, 0.29) is 5.92 Å². The molecule has 2 N–H and O–H groups in total. The SMILES string of the molecule is O=C(O)C1CCC(NCc2ccc(-n3ccnc3)cc2)CC1. The standard InChI is InChI=1S/C17H21N3O2/c21-17(22)14-3-5-15(6-4-14)19-11-13-1-7-16(8-2-13)20-10-9-18-12-20/h1-2,7-10,12,14-15,19H,3-6,11H2,(H,21,22). The molecular weight excluding hydrogens is 278 g/mol. The third kappa shape index (κ3) is 3.54. The number of rotatable bonds is 5. The number of nitrogens with one attached hydrogen (secondary N) is 1. The second kappa shape index (κ2) is 6.75. The summed E-state index contributed by atoms with van der Waals surface area (Å²) in [5.41, 5.74) is 2.34. The molecule has 1 saturated carbocycles. The van der Waals surface area contributed by atoms with Crippen LogP contribution in [0.2, 0.25) is 0 Å². The summed E-state index contributed by atoms with van der Waals surface area (Å²) in [6.07, 6.45) is 8.94. The Morgan fingerprint density at radius 2 is 1.95 bits per heavy atom. The van der Waals surface area contributed by atoms with Crippen LogP contribution in [0.5, 0.6) is 0 Å². The predicted molar refractivity (Wildman–Crippen MR) is 83.8 cm³/mol. The molecule has 3 rings (SSSR count). The van der Waals surface area contributed by atoms with Crippen LogP contribution in [0.15, 0.2) is 43.0 Å². The lowest BCUT2D eigenvalue weighted by atomic mass is 9.86. The van der Waals surface area contributed by atoms with Crippen LogP contribution >= 0.6 is 0 Å². The molecule has 0 amide bonds. The van der Waals surface area contributed by atoms with Crippen molar-refractivity contribution in [1.29, 1.82) is 0 Å². The molecule has 0 atom stereocenters. The minimum absolute atomic E-state index is 0.146. The Kier molecular flexibility index (Phi) is 4.53. The minimum atomic E-state index is -0.645. The van der Waals surface area contributed by atoms with Crippen LogP contribution in [-0.2, 0) is 11.3 Å². The largest absolute Gasteiger partial charge is 0.481 e. The Bertz CT molecular complexity index is 599. The molecule has 1 aromatic heterocycles. The number of carboxylic acid groups (broad SMARTS) is 1. The van der Waals surface area contributed by atoms with Gasteiger partial charge in [-0.25, -0.2) is 4.98 Å². The van der Waals surface area contributed by atoms with Crippen molar-refractivity contribution in [2.75, 3.05) is 0 Å². The summed E-state index contributed by atoms with van der Waals surface area (Å²) in [7, 11) is 0. The van der Waals surface area contributed by atoms with Gasteiger partial charge >= 0.3 is 5.97 Å². The van der Waals surface area contributed by atoms with Crippen molar-refractivity contribution in [2.24, 2.45) is 5.92 Å². The zero-order valence-corrected chi connectivity index (χ0v) is 12.5. The first kappa shape index (κ1) is 14.8. The molecule has 0 radical (unpaired) electrons. The van der Waals surface area contributed by atoms with Gasteiger partial charge in [0.25, 0.3) is 0 Å². The van der Waals surface area contributed by atoms with Crippen LogP contribution in [-0.4, -0.2) is 26.7 Å². The fourth-order valence-electron chi connectivity index (χ4n) is 3.00. The molecule has 1 aliphatic rings.